The molecule has 2 aliphatic rings. The van der Waals surface area contributed by atoms with Gasteiger partial charge in [0, 0.05) is 24.4 Å². The van der Waals surface area contributed by atoms with Gasteiger partial charge in [0.1, 0.15) is 0 Å². The van der Waals surface area contributed by atoms with Crippen LogP contribution >= 0.6 is 11.3 Å². The molecule has 1 saturated heterocycles. The van der Waals surface area contributed by atoms with Gasteiger partial charge in [-0.2, -0.15) is 0 Å². The fraction of sp³-hybridized carbons (Fsp3) is 0.500. The van der Waals surface area contributed by atoms with E-state index in [0.29, 0.717) is 36.1 Å². The molecule has 0 saturated carbocycles. The molecule has 1 atom stereocenters. The number of methoxy groups -OCH3 is 2. The number of hydrogen-bond acceptors (Lipinski definition) is 6. The summed E-state index contributed by atoms with van der Waals surface area (Å²) in [6.45, 7) is 1.02. The Morgan fingerprint density at radius 1 is 1.23 bits per heavy atom. The molecule has 0 unspecified atom stereocenters. The Morgan fingerprint density at radius 3 is 2.80 bits per heavy atom. The molecule has 2 heterocycles. The minimum absolute atomic E-state index is 0.0223. The molecule has 8 heteroatoms. The number of likely N-dealkylation sites (tertiary alicyclic amines) is 1. The molecule has 2 amide bonds. The second-order valence-electron chi connectivity index (χ2n) is 7.77. The van der Waals surface area contributed by atoms with Gasteiger partial charge in [0.05, 0.1) is 25.8 Å². The summed E-state index contributed by atoms with van der Waals surface area (Å²) in [5.74, 6) is 0.936. The Kier molecular flexibility index (Phi) is 6.22. The van der Waals surface area contributed by atoms with Crippen LogP contribution in [0, 0.1) is 5.92 Å². The fourth-order valence-corrected chi connectivity index (χ4v) is 5.13. The number of amides is 2. The maximum absolute atomic E-state index is 12.7. The Balaban J connectivity index is 1.32. The van der Waals surface area contributed by atoms with Crippen molar-refractivity contribution in [1.82, 2.24) is 9.88 Å². The number of ether oxygens (including phenoxy) is 2. The zero-order valence-electron chi connectivity index (χ0n) is 17.4. The number of nitrogens with zero attached hydrogens (tertiary/aromatic N) is 2. The van der Waals surface area contributed by atoms with Gasteiger partial charge in [-0.25, -0.2) is 4.98 Å². The average molecular weight is 430 g/mol. The lowest BCUT2D eigenvalue weighted by Gasteiger charge is -2.17. The number of rotatable bonds is 7. The van der Waals surface area contributed by atoms with Crippen molar-refractivity contribution in [3.63, 3.8) is 0 Å². The van der Waals surface area contributed by atoms with Crippen molar-refractivity contribution >= 4 is 28.3 Å². The number of fused-ring (bicyclic) bond motifs is 1. The number of carbonyl (C=O) groups is 2. The summed E-state index contributed by atoms with van der Waals surface area (Å²) in [7, 11) is 3.21. The molecule has 0 spiro atoms. The number of aryl methyl sites for hydroxylation is 2. The van der Waals surface area contributed by atoms with Crippen LogP contribution in [0.2, 0.25) is 0 Å². The fourth-order valence-electron chi connectivity index (χ4n) is 4.08. The van der Waals surface area contributed by atoms with Crippen LogP contribution in [0.4, 0.5) is 5.13 Å². The first-order chi connectivity index (χ1) is 14.6. The van der Waals surface area contributed by atoms with E-state index in [1.165, 1.54) is 11.3 Å². The van der Waals surface area contributed by atoms with Crippen LogP contribution in [0.3, 0.4) is 0 Å². The van der Waals surface area contributed by atoms with Crippen molar-refractivity contribution < 1.29 is 19.1 Å². The number of aromatic nitrogens is 1. The Morgan fingerprint density at radius 2 is 2.03 bits per heavy atom. The van der Waals surface area contributed by atoms with Crippen LogP contribution < -0.4 is 14.8 Å². The summed E-state index contributed by atoms with van der Waals surface area (Å²) in [6.07, 6.45) is 5.34. The van der Waals surface area contributed by atoms with Gasteiger partial charge in [-0.15, -0.1) is 11.3 Å². The van der Waals surface area contributed by atoms with Crippen LogP contribution in [0.25, 0.3) is 0 Å². The number of nitrogens with one attached hydrogen (secondary N) is 1. The highest BCUT2D eigenvalue weighted by Gasteiger charge is 2.34. The molecule has 7 nitrogen and oxygen atoms in total. The first-order valence-electron chi connectivity index (χ1n) is 10.4. The normalized spacial score (nSPS) is 18.3. The van der Waals surface area contributed by atoms with E-state index in [9.17, 15) is 9.59 Å². The maximum Gasteiger partial charge on any atom is 0.231 e. The molecule has 1 N–H and O–H groups in total. The van der Waals surface area contributed by atoms with E-state index < -0.39 is 0 Å². The highest BCUT2D eigenvalue weighted by molar-refractivity contribution is 7.15. The van der Waals surface area contributed by atoms with Gasteiger partial charge >= 0.3 is 0 Å². The molecular weight excluding hydrogens is 402 g/mol. The zero-order chi connectivity index (χ0) is 21.1. The molecule has 1 aromatic carbocycles. The average Bonchev–Trinajstić information content (AvgIpc) is 3.34. The summed E-state index contributed by atoms with van der Waals surface area (Å²) in [4.78, 5) is 32.8. The highest BCUT2D eigenvalue weighted by atomic mass is 32.1. The van der Waals surface area contributed by atoms with Crippen LogP contribution in [-0.4, -0.2) is 49.0 Å². The molecule has 160 valence electrons. The first kappa shape index (κ1) is 20.7. The van der Waals surface area contributed by atoms with E-state index in [1.807, 2.05) is 18.2 Å². The monoisotopic (exact) mass is 429 g/mol. The van der Waals surface area contributed by atoms with E-state index in [1.54, 1.807) is 30.5 Å². The van der Waals surface area contributed by atoms with E-state index in [4.69, 9.17) is 9.47 Å². The van der Waals surface area contributed by atoms with Gasteiger partial charge in [0.25, 0.3) is 0 Å². The quantitative estimate of drug-likeness (QED) is 0.732. The van der Waals surface area contributed by atoms with Crippen LogP contribution in [-0.2, 0) is 28.9 Å². The maximum atomic E-state index is 12.7. The van der Waals surface area contributed by atoms with Gasteiger partial charge in [0.15, 0.2) is 16.6 Å². The molecule has 0 radical (unpaired) electrons. The predicted octanol–water partition coefficient (Wildman–Crippen LogP) is 3.07. The van der Waals surface area contributed by atoms with Crippen LogP contribution in [0.1, 0.15) is 35.4 Å². The zero-order valence-corrected chi connectivity index (χ0v) is 18.2. The Bertz CT molecular complexity index is 919. The molecule has 1 aliphatic carbocycles. The van der Waals surface area contributed by atoms with Gasteiger partial charge in [-0.1, -0.05) is 6.07 Å². The SMILES string of the molecule is COc1ccc(CCN2C[C@H](C(=O)Nc3nc4c(s3)CCCC4)CC2=O)cc1OC. The minimum atomic E-state index is -0.330. The Hall–Kier alpha value is -2.61. The van der Waals surface area contributed by atoms with Gasteiger partial charge < -0.3 is 19.7 Å². The molecule has 0 bridgehead atoms. The van der Waals surface area contributed by atoms with E-state index in [-0.39, 0.29) is 24.2 Å². The molecule has 4 rings (SSSR count). The van der Waals surface area contributed by atoms with E-state index >= 15 is 0 Å². The third kappa shape index (κ3) is 4.43. The van der Waals surface area contributed by atoms with Crippen LogP contribution in [0.15, 0.2) is 18.2 Å². The summed E-state index contributed by atoms with van der Waals surface area (Å²) in [5, 5.41) is 3.61. The summed E-state index contributed by atoms with van der Waals surface area (Å²) < 4.78 is 10.6. The second kappa shape index (κ2) is 9.04. The molecule has 2 aromatic rings. The predicted molar refractivity (Wildman–Crippen MR) is 115 cm³/mol. The van der Waals surface area contributed by atoms with Gasteiger partial charge in [0.2, 0.25) is 11.8 Å². The summed E-state index contributed by atoms with van der Waals surface area (Å²) >= 11 is 1.57. The number of carbonyl (C=O) groups excluding carboxylic acids is 2. The number of hydrogen-bond donors (Lipinski definition) is 1. The van der Waals surface area contributed by atoms with Crippen molar-refractivity contribution in [2.45, 2.75) is 38.5 Å². The van der Waals surface area contributed by atoms with Crippen molar-refractivity contribution in [2.75, 3.05) is 32.6 Å². The number of thiazole rings is 1. The lowest BCUT2D eigenvalue weighted by molar-refractivity contribution is -0.128. The Labute approximate surface area is 180 Å². The molecule has 1 aliphatic heterocycles. The highest BCUT2D eigenvalue weighted by Crippen LogP contribution is 2.31. The third-order valence-electron chi connectivity index (χ3n) is 5.78. The largest absolute Gasteiger partial charge is 0.493 e. The smallest absolute Gasteiger partial charge is 0.231 e. The first-order valence-corrected chi connectivity index (χ1v) is 11.2. The molecular formula is C22H27N3O4S. The van der Waals surface area contributed by atoms with Crippen molar-refractivity contribution in [3.8, 4) is 11.5 Å². The third-order valence-corrected chi connectivity index (χ3v) is 6.85. The standard InChI is InChI=1S/C22H27N3O4S/c1-28-17-8-7-14(11-18(17)29-2)9-10-25-13-15(12-20(25)26)21(27)24-22-23-16-5-3-4-6-19(16)30-22/h7-8,11,15H,3-6,9-10,12-13H2,1-2H3,(H,23,24,27)/t15-/m1/s1. The van der Waals surface area contributed by atoms with Gasteiger partial charge in [-0.05, 0) is 49.8 Å². The molecule has 1 fully saturated rings. The minimum Gasteiger partial charge on any atom is -0.493 e. The topological polar surface area (TPSA) is 80.8 Å². The van der Waals surface area contributed by atoms with E-state index in [0.717, 1.165) is 30.5 Å². The lowest BCUT2D eigenvalue weighted by atomic mass is 10.0. The van der Waals surface area contributed by atoms with Gasteiger partial charge in [-0.3, -0.25) is 9.59 Å². The number of benzene rings is 1. The van der Waals surface area contributed by atoms with Crippen molar-refractivity contribution in [2.24, 2.45) is 5.92 Å². The van der Waals surface area contributed by atoms with E-state index in [2.05, 4.69) is 10.3 Å². The molecule has 1 aromatic heterocycles. The number of anilines is 1. The van der Waals surface area contributed by atoms with Crippen molar-refractivity contribution in [3.05, 3.63) is 34.3 Å². The lowest BCUT2D eigenvalue weighted by Crippen LogP contribution is -2.30. The summed E-state index contributed by atoms with van der Waals surface area (Å²) in [5.41, 5.74) is 2.18. The van der Waals surface area contributed by atoms with Crippen LogP contribution in [0.5, 0.6) is 11.5 Å². The van der Waals surface area contributed by atoms with Crippen molar-refractivity contribution in [1.29, 1.82) is 0 Å². The molecule has 30 heavy (non-hydrogen) atoms. The summed E-state index contributed by atoms with van der Waals surface area (Å²) in [6, 6.07) is 5.76. The second-order valence-corrected chi connectivity index (χ2v) is 8.85.